The maximum absolute atomic E-state index is 10.4. The smallest absolute Gasteiger partial charge is 0.125 e. The first-order valence-electron chi connectivity index (χ1n) is 5.16. The van der Waals surface area contributed by atoms with Crippen LogP contribution < -0.4 is 0 Å². The average Bonchev–Trinajstić information content (AvgIpc) is 2.14. The fraction of sp³-hybridized carbons (Fsp3) is 0.909. The zero-order valence-electron chi connectivity index (χ0n) is 9.16. The van der Waals surface area contributed by atoms with Gasteiger partial charge in [-0.15, -0.1) is 0 Å². The number of aliphatic hydroxyl groups excluding tert-OH is 1. The fourth-order valence-corrected chi connectivity index (χ4v) is 1.54. The van der Waals surface area contributed by atoms with Crippen molar-refractivity contribution in [3.8, 4) is 0 Å². The van der Waals surface area contributed by atoms with E-state index in [0.717, 1.165) is 19.1 Å². The summed E-state index contributed by atoms with van der Waals surface area (Å²) in [6.07, 6.45) is 2.48. The lowest BCUT2D eigenvalue weighted by Gasteiger charge is -2.23. The minimum absolute atomic E-state index is 0.218. The quantitative estimate of drug-likeness (QED) is 0.646. The number of hydrogen-bond donors (Lipinski definition) is 1. The largest absolute Gasteiger partial charge is 0.392 e. The van der Waals surface area contributed by atoms with Crippen LogP contribution in [0.25, 0.3) is 0 Å². The summed E-state index contributed by atoms with van der Waals surface area (Å²) in [6, 6.07) is 0. The molecular weight excluding hydrogens is 164 g/mol. The molecule has 0 aromatic rings. The molecule has 1 N–H and O–H groups in total. The summed E-state index contributed by atoms with van der Waals surface area (Å²) in [5, 5.41) is 9.70. The van der Waals surface area contributed by atoms with Gasteiger partial charge < -0.3 is 9.90 Å². The topological polar surface area (TPSA) is 37.3 Å². The monoisotopic (exact) mass is 186 g/mol. The van der Waals surface area contributed by atoms with Crippen molar-refractivity contribution in [2.75, 3.05) is 0 Å². The summed E-state index contributed by atoms with van der Waals surface area (Å²) in [6.45, 7) is 8.10. The highest BCUT2D eigenvalue weighted by molar-refractivity contribution is 5.53. The second-order valence-corrected chi connectivity index (χ2v) is 4.21. The Morgan fingerprint density at radius 1 is 1.31 bits per heavy atom. The van der Waals surface area contributed by atoms with Crippen molar-refractivity contribution < 1.29 is 9.90 Å². The van der Waals surface area contributed by atoms with E-state index in [1.807, 2.05) is 6.92 Å². The van der Waals surface area contributed by atoms with Gasteiger partial charge in [0.05, 0.1) is 6.10 Å². The predicted octanol–water partition coefficient (Wildman–Crippen LogP) is 2.25. The third-order valence-corrected chi connectivity index (χ3v) is 2.81. The third-order valence-electron chi connectivity index (χ3n) is 2.81. The molecule has 78 valence electrons. The zero-order valence-corrected chi connectivity index (χ0v) is 9.16. The highest BCUT2D eigenvalue weighted by Crippen LogP contribution is 2.21. The van der Waals surface area contributed by atoms with Gasteiger partial charge in [0.1, 0.15) is 6.29 Å². The van der Waals surface area contributed by atoms with E-state index in [0.29, 0.717) is 5.92 Å². The molecule has 0 aliphatic carbocycles. The van der Waals surface area contributed by atoms with Crippen molar-refractivity contribution in [2.45, 2.75) is 46.6 Å². The van der Waals surface area contributed by atoms with E-state index in [-0.39, 0.29) is 11.8 Å². The van der Waals surface area contributed by atoms with Gasteiger partial charge in [0, 0.05) is 5.92 Å². The standard InChI is InChI=1S/C11H22O2/c1-5-8(2)6-9(3)11(13)10(4)7-12/h7-11,13H,5-6H2,1-4H3/t8-,9-,10-,11+/m1/s1. The zero-order chi connectivity index (χ0) is 10.4. The minimum Gasteiger partial charge on any atom is -0.392 e. The molecule has 4 atom stereocenters. The van der Waals surface area contributed by atoms with Gasteiger partial charge in [-0.1, -0.05) is 34.1 Å². The van der Waals surface area contributed by atoms with Crippen molar-refractivity contribution in [1.29, 1.82) is 0 Å². The molecular formula is C11H22O2. The Labute approximate surface area is 81.3 Å². The average molecular weight is 186 g/mol. The number of carbonyl (C=O) groups excluding carboxylic acids is 1. The van der Waals surface area contributed by atoms with Crippen LogP contribution in [0.2, 0.25) is 0 Å². The highest BCUT2D eigenvalue weighted by Gasteiger charge is 2.21. The van der Waals surface area contributed by atoms with E-state index in [9.17, 15) is 9.90 Å². The summed E-state index contributed by atoms with van der Waals surface area (Å²) in [5.74, 6) is 0.609. The van der Waals surface area contributed by atoms with Crippen LogP contribution in [0.4, 0.5) is 0 Å². The molecule has 0 aliphatic rings. The Balaban J connectivity index is 3.94. The molecule has 0 spiro atoms. The normalized spacial score (nSPS) is 20.4. The molecule has 0 radical (unpaired) electrons. The van der Waals surface area contributed by atoms with Crippen LogP contribution in [0.1, 0.15) is 40.5 Å². The molecule has 0 unspecified atom stereocenters. The number of hydrogen-bond acceptors (Lipinski definition) is 2. The number of aldehydes is 1. The van der Waals surface area contributed by atoms with Crippen molar-refractivity contribution in [2.24, 2.45) is 17.8 Å². The molecule has 0 aromatic carbocycles. The van der Waals surface area contributed by atoms with Gasteiger partial charge in [0.15, 0.2) is 0 Å². The van der Waals surface area contributed by atoms with Crippen molar-refractivity contribution in [1.82, 2.24) is 0 Å². The van der Waals surface area contributed by atoms with Gasteiger partial charge in [0.2, 0.25) is 0 Å². The lowest BCUT2D eigenvalue weighted by atomic mass is 9.86. The van der Waals surface area contributed by atoms with Crippen LogP contribution in [0.3, 0.4) is 0 Å². The summed E-state index contributed by atoms with van der Waals surface area (Å²) in [7, 11) is 0. The van der Waals surface area contributed by atoms with Crippen molar-refractivity contribution >= 4 is 6.29 Å². The van der Waals surface area contributed by atoms with Gasteiger partial charge in [-0.25, -0.2) is 0 Å². The van der Waals surface area contributed by atoms with Crippen LogP contribution in [0.15, 0.2) is 0 Å². The molecule has 13 heavy (non-hydrogen) atoms. The maximum atomic E-state index is 10.4. The van der Waals surface area contributed by atoms with Gasteiger partial charge in [-0.3, -0.25) is 0 Å². The van der Waals surface area contributed by atoms with E-state index < -0.39 is 6.10 Å². The predicted molar refractivity (Wildman–Crippen MR) is 54.5 cm³/mol. The summed E-state index contributed by atoms with van der Waals surface area (Å²) < 4.78 is 0. The van der Waals surface area contributed by atoms with Crippen LogP contribution in [-0.2, 0) is 4.79 Å². The first-order valence-corrected chi connectivity index (χ1v) is 5.16. The Kier molecular flexibility index (Phi) is 5.97. The van der Waals surface area contributed by atoms with Gasteiger partial charge in [-0.2, -0.15) is 0 Å². The van der Waals surface area contributed by atoms with E-state index in [4.69, 9.17) is 0 Å². The molecule has 0 bridgehead atoms. The Morgan fingerprint density at radius 2 is 1.85 bits per heavy atom. The van der Waals surface area contributed by atoms with Crippen LogP contribution in [0.5, 0.6) is 0 Å². The molecule has 0 fully saturated rings. The number of carbonyl (C=O) groups is 1. The van der Waals surface area contributed by atoms with Crippen LogP contribution in [-0.4, -0.2) is 17.5 Å². The van der Waals surface area contributed by atoms with Crippen molar-refractivity contribution in [3.63, 3.8) is 0 Å². The van der Waals surface area contributed by atoms with E-state index in [1.54, 1.807) is 6.92 Å². The number of aliphatic hydroxyl groups is 1. The highest BCUT2D eigenvalue weighted by atomic mass is 16.3. The summed E-state index contributed by atoms with van der Waals surface area (Å²) in [4.78, 5) is 10.4. The lowest BCUT2D eigenvalue weighted by molar-refractivity contribution is -0.114. The fourth-order valence-electron chi connectivity index (χ4n) is 1.54. The molecule has 0 amide bonds. The third kappa shape index (κ3) is 4.41. The maximum Gasteiger partial charge on any atom is 0.125 e. The Bertz CT molecular complexity index is 145. The molecule has 0 heterocycles. The molecule has 0 saturated heterocycles. The summed E-state index contributed by atoms with van der Waals surface area (Å²) in [5.41, 5.74) is 0. The second kappa shape index (κ2) is 6.14. The first kappa shape index (κ1) is 12.6. The van der Waals surface area contributed by atoms with Crippen molar-refractivity contribution in [3.05, 3.63) is 0 Å². The molecule has 0 aromatic heterocycles. The molecule has 0 saturated carbocycles. The van der Waals surface area contributed by atoms with Gasteiger partial charge in [0.25, 0.3) is 0 Å². The Morgan fingerprint density at radius 3 is 2.23 bits per heavy atom. The second-order valence-electron chi connectivity index (χ2n) is 4.21. The number of rotatable bonds is 6. The lowest BCUT2D eigenvalue weighted by Crippen LogP contribution is -2.27. The van der Waals surface area contributed by atoms with Gasteiger partial charge in [-0.05, 0) is 18.3 Å². The molecule has 0 aliphatic heterocycles. The first-order chi connectivity index (χ1) is 6.02. The molecule has 2 nitrogen and oxygen atoms in total. The molecule has 0 rings (SSSR count). The van der Waals surface area contributed by atoms with E-state index >= 15 is 0 Å². The van der Waals surface area contributed by atoms with E-state index in [2.05, 4.69) is 13.8 Å². The SMILES string of the molecule is CC[C@@H](C)C[C@@H](C)[C@H](O)[C@H](C)C=O. The molecule has 2 heteroatoms. The minimum atomic E-state index is -0.480. The summed E-state index contributed by atoms with van der Waals surface area (Å²) >= 11 is 0. The van der Waals surface area contributed by atoms with Crippen LogP contribution in [0, 0.1) is 17.8 Å². The van der Waals surface area contributed by atoms with E-state index in [1.165, 1.54) is 0 Å². The Hall–Kier alpha value is -0.370. The van der Waals surface area contributed by atoms with Crippen LogP contribution >= 0.6 is 0 Å². The van der Waals surface area contributed by atoms with Gasteiger partial charge >= 0.3 is 0 Å².